The van der Waals surface area contributed by atoms with E-state index in [9.17, 15) is 15.2 Å². The van der Waals surface area contributed by atoms with Crippen LogP contribution in [0.25, 0.3) is 0 Å². The molecule has 0 radical (unpaired) electrons. The van der Waals surface area contributed by atoms with Crippen LogP contribution in [0.3, 0.4) is 0 Å². The van der Waals surface area contributed by atoms with E-state index in [-0.39, 0.29) is 18.0 Å². The number of aromatic hydroxyl groups is 1. The minimum absolute atomic E-state index is 0.00142. The average Bonchev–Trinajstić information content (AvgIpc) is 2.47. The van der Waals surface area contributed by atoms with Crippen LogP contribution in [-0.4, -0.2) is 54.7 Å². The van der Waals surface area contributed by atoms with Crippen molar-refractivity contribution < 1.29 is 24.3 Å². The quantitative estimate of drug-likeness (QED) is 0.659. The Morgan fingerprint density at radius 1 is 1.19 bits per heavy atom. The molecular weight excluding hydrogens is 280 g/mol. The first-order valence-electron chi connectivity index (χ1n) is 6.66. The van der Waals surface area contributed by atoms with Crippen LogP contribution in [0.2, 0.25) is 0 Å². The molecule has 8 nitrogen and oxygen atoms in total. The highest BCUT2D eigenvalue weighted by molar-refractivity contribution is 5.42. The van der Waals surface area contributed by atoms with Crippen molar-refractivity contribution in [3.8, 4) is 5.75 Å². The van der Waals surface area contributed by atoms with E-state index in [1.165, 1.54) is 18.2 Å². The Labute approximate surface area is 121 Å². The smallest absolute Gasteiger partial charge is 0.270 e. The summed E-state index contributed by atoms with van der Waals surface area (Å²) in [5.41, 5.74) is 0.366. The van der Waals surface area contributed by atoms with E-state index in [1.54, 1.807) is 5.06 Å². The van der Waals surface area contributed by atoms with Gasteiger partial charge in [-0.1, -0.05) is 0 Å². The fraction of sp³-hybridized carbons (Fsp3) is 0.538. The molecule has 1 fully saturated rings. The van der Waals surface area contributed by atoms with Crippen LogP contribution in [-0.2, 0) is 20.9 Å². The maximum Gasteiger partial charge on any atom is 0.270 e. The first-order valence-corrected chi connectivity index (χ1v) is 6.66. The molecule has 1 aliphatic heterocycles. The average molecular weight is 298 g/mol. The number of benzene rings is 1. The van der Waals surface area contributed by atoms with E-state index in [2.05, 4.69) is 0 Å². The molecule has 1 N–H and O–H groups in total. The van der Waals surface area contributed by atoms with Crippen molar-refractivity contribution in [1.29, 1.82) is 0 Å². The largest absolute Gasteiger partial charge is 0.508 e. The minimum Gasteiger partial charge on any atom is -0.508 e. The Morgan fingerprint density at radius 3 is 2.67 bits per heavy atom. The molecule has 2 rings (SSSR count). The third-order valence-corrected chi connectivity index (χ3v) is 2.98. The highest BCUT2D eigenvalue weighted by Crippen LogP contribution is 2.24. The molecule has 1 heterocycles. The van der Waals surface area contributed by atoms with E-state index in [0.29, 0.717) is 45.1 Å². The molecule has 21 heavy (non-hydrogen) atoms. The molecule has 0 aliphatic carbocycles. The summed E-state index contributed by atoms with van der Waals surface area (Å²) in [5.74, 6) is -0.00142. The number of hydrogen-bond acceptors (Lipinski definition) is 7. The Morgan fingerprint density at radius 2 is 1.90 bits per heavy atom. The Hall–Kier alpha value is -1.74. The molecule has 0 amide bonds. The van der Waals surface area contributed by atoms with Crippen LogP contribution < -0.4 is 0 Å². The number of hydroxylamine groups is 2. The standard InChI is InChI=1S/C13H18N2O6/c16-13-2-1-12(15(17)18)9-11(13)10-14-3-4-19-5-6-20-7-8-21-14/h1-2,9,16H,3-8,10H2. The van der Waals surface area contributed by atoms with Crippen LogP contribution in [0.15, 0.2) is 18.2 Å². The molecular formula is C13H18N2O6. The molecule has 1 saturated heterocycles. The number of nitro groups is 1. The van der Waals surface area contributed by atoms with Crippen LogP contribution in [0.1, 0.15) is 5.56 Å². The van der Waals surface area contributed by atoms with Gasteiger partial charge in [-0.3, -0.25) is 15.0 Å². The number of ether oxygens (including phenoxy) is 2. The molecule has 0 spiro atoms. The first-order chi connectivity index (χ1) is 10.2. The number of phenols is 1. The molecule has 0 saturated carbocycles. The zero-order valence-electron chi connectivity index (χ0n) is 11.6. The van der Waals surface area contributed by atoms with Gasteiger partial charge in [0.2, 0.25) is 0 Å². The molecule has 0 unspecified atom stereocenters. The van der Waals surface area contributed by atoms with Crippen molar-refractivity contribution in [2.45, 2.75) is 6.54 Å². The van der Waals surface area contributed by atoms with Gasteiger partial charge in [0, 0.05) is 24.2 Å². The minimum atomic E-state index is -0.497. The topological polar surface area (TPSA) is 94.3 Å². The van der Waals surface area contributed by atoms with Crippen LogP contribution >= 0.6 is 0 Å². The lowest BCUT2D eigenvalue weighted by molar-refractivity contribution is -0.385. The number of hydrogen-bond donors (Lipinski definition) is 1. The van der Waals surface area contributed by atoms with Crippen molar-refractivity contribution in [1.82, 2.24) is 5.06 Å². The monoisotopic (exact) mass is 298 g/mol. The number of nitro benzene ring substituents is 1. The summed E-state index contributed by atoms with van der Waals surface area (Å²) < 4.78 is 10.6. The van der Waals surface area contributed by atoms with E-state index in [0.717, 1.165) is 0 Å². The molecule has 0 atom stereocenters. The second-order valence-corrected chi connectivity index (χ2v) is 4.49. The summed E-state index contributed by atoms with van der Waals surface area (Å²) in [6.07, 6.45) is 0. The summed E-state index contributed by atoms with van der Waals surface area (Å²) in [4.78, 5) is 15.8. The molecule has 0 bridgehead atoms. The summed E-state index contributed by atoms with van der Waals surface area (Å²) in [5, 5.41) is 22.2. The van der Waals surface area contributed by atoms with Gasteiger partial charge in [-0.2, -0.15) is 5.06 Å². The summed E-state index contributed by atoms with van der Waals surface area (Å²) in [6, 6.07) is 3.92. The Kier molecular flexibility index (Phi) is 5.88. The van der Waals surface area contributed by atoms with Crippen LogP contribution in [0, 0.1) is 10.1 Å². The predicted octanol–water partition coefficient (Wildman–Crippen LogP) is 1.08. The first kappa shape index (κ1) is 15.6. The van der Waals surface area contributed by atoms with E-state index in [4.69, 9.17) is 14.3 Å². The normalized spacial score (nSPS) is 18.3. The van der Waals surface area contributed by atoms with Crippen molar-refractivity contribution in [3.63, 3.8) is 0 Å². The Bertz CT molecular complexity index is 472. The fourth-order valence-corrected chi connectivity index (χ4v) is 1.91. The summed E-state index contributed by atoms with van der Waals surface area (Å²) >= 11 is 0. The number of non-ortho nitro benzene ring substituents is 1. The highest BCUT2D eigenvalue weighted by Gasteiger charge is 2.15. The van der Waals surface area contributed by atoms with Crippen LogP contribution in [0.4, 0.5) is 5.69 Å². The van der Waals surface area contributed by atoms with Crippen molar-refractivity contribution in [3.05, 3.63) is 33.9 Å². The molecule has 0 aromatic heterocycles. The summed E-state index contributed by atoms with van der Waals surface area (Å²) in [6.45, 7) is 3.08. The lowest BCUT2D eigenvalue weighted by Gasteiger charge is -2.23. The van der Waals surface area contributed by atoms with Gasteiger partial charge >= 0.3 is 0 Å². The predicted molar refractivity (Wildman–Crippen MR) is 72.8 cm³/mol. The lowest BCUT2D eigenvalue weighted by Crippen LogP contribution is -2.30. The van der Waals surface area contributed by atoms with Crippen molar-refractivity contribution in [2.24, 2.45) is 0 Å². The van der Waals surface area contributed by atoms with E-state index in [1.807, 2.05) is 0 Å². The van der Waals surface area contributed by atoms with Crippen molar-refractivity contribution >= 4 is 5.69 Å². The Balaban J connectivity index is 2.03. The number of rotatable bonds is 3. The molecule has 1 aliphatic rings. The lowest BCUT2D eigenvalue weighted by atomic mass is 10.1. The zero-order chi connectivity index (χ0) is 15.1. The third kappa shape index (κ3) is 4.94. The number of phenolic OH excluding ortho intramolecular Hbond substituents is 1. The molecule has 8 heteroatoms. The second-order valence-electron chi connectivity index (χ2n) is 4.49. The van der Waals surface area contributed by atoms with E-state index < -0.39 is 4.92 Å². The fourth-order valence-electron chi connectivity index (χ4n) is 1.91. The van der Waals surface area contributed by atoms with Crippen LogP contribution in [0.5, 0.6) is 5.75 Å². The van der Waals surface area contributed by atoms with Gasteiger partial charge in [-0.25, -0.2) is 0 Å². The molecule has 1 aromatic rings. The van der Waals surface area contributed by atoms with Gasteiger partial charge in [0.05, 0.1) is 44.5 Å². The molecule has 116 valence electrons. The summed E-state index contributed by atoms with van der Waals surface area (Å²) in [7, 11) is 0. The SMILES string of the molecule is O=[N+]([O-])c1ccc(O)c(CN2CCOCCOCCO2)c1. The molecule has 1 aromatic carbocycles. The van der Waals surface area contributed by atoms with Gasteiger partial charge in [0.1, 0.15) is 5.75 Å². The third-order valence-electron chi connectivity index (χ3n) is 2.98. The maximum absolute atomic E-state index is 10.8. The highest BCUT2D eigenvalue weighted by atomic mass is 16.7. The van der Waals surface area contributed by atoms with Gasteiger partial charge in [0.15, 0.2) is 0 Å². The second kappa shape index (κ2) is 7.89. The van der Waals surface area contributed by atoms with Gasteiger partial charge in [0.25, 0.3) is 5.69 Å². The maximum atomic E-state index is 10.8. The zero-order valence-corrected chi connectivity index (χ0v) is 11.6. The van der Waals surface area contributed by atoms with E-state index >= 15 is 0 Å². The van der Waals surface area contributed by atoms with Gasteiger partial charge < -0.3 is 14.6 Å². The van der Waals surface area contributed by atoms with Crippen molar-refractivity contribution in [2.75, 3.05) is 39.6 Å². The number of nitrogens with zero attached hydrogens (tertiary/aromatic N) is 2. The van der Waals surface area contributed by atoms with Gasteiger partial charge in [-0.15, -0.1) is 0 Å². The van der Waals surface area contributed by atoms with Gasteiger partial charge in [-0.05, 0) is 6.07 Å².